The van der Waals surface area contributed by atoms with E-state index in [9.17, 15) is 13.2 Å². The Morgan fingerprint density at radius 2 is 1.89 bits per heavy atom. The van der Waals surface area contributed by atoms with Crippen molar-refractivity contribution in [2.45, 2.75) is 4.90 Å². The summed E-state index contributed by atoms with van der Waals surface area (Å²) < 4.78 is 30.0. The van der Waals surface area contributed by atoms with Crippen LogP contribution in [0, 0.1) is 0 Å². The zero-order valence-electron chi connectivity index (χ0n) is 14.2. The van der Waals surface area contributed by atoms with Gasteiger partial charge in [-0.15, -0.1) is 11.3 Å². The fourth-order valence-electron chi connectivity index (χ4n) is 2.55. The third-order valence-electron chi connectivity index (χ3n) is 3.85. The molecule has 0 aliphatic heterocycles. The van der Waals surface area contributed by atoms with Crippen molar-refractivity contribution in [3.05, 3.63) is 66.4 Å². The fourth-order valence-corrected chi connectivity index (χ4v) is 4.14. The normalized spacial score (nSPS) is 11.6. The Kier molecular flexibility index (Phi) is 4.29. The zero-order valence-corrected chi connectivity index (χ0v) is 15.8. The molecule has 0 aliphatic rings. The fraction of sp³-hybridized carbons (Fsp3) is 0.0526. The van der Waals surface area contributed by atoms with E-state index in [4.69, 9.17) is 4.42 Å². The van der Waals surface area contributed by atoms with Crippen molar-refractivity contribution in [2.24, 2.45) is 0 Å². The van der Waals surface area contributed by atoms with Gasteiger partial charge in [-0.1, -0.05) is 18.2 Å². The van der Waals surface area contributed by atoms with Crippen LogP contribution in [-0.2, 0) is 9.84 Å². The quantitative estimate of drug-likeness (QED) is 0.556. The molecular formula is C19H14N2O4S2. The summed E-state index contributed by atoms with van der Waals surface area (Å²) in [6.07, 6.45) is 1.12. The number of nitrogens with one attached hydrogen (secondary N) is 1. The lowest BCUT2D eigenvalue weighted by Gasteiger charge is -2.05. The Bertz CT molecular complexity index is 1220. The number of hydrogen-bond acceptors (Lipinski definition) is 6. The first-order chi connectivity index (χ1) is 12.9. The van der Waals surface area contributed by atoms with Gasteiger partial charge in [0.1, 0.15) is 0 Å². The molecule has 2 aromatic heterocycles. The Balaban J connectivity index is 1.57. The van der Waals surface area contributed by atoms with Crippen LogP contribution in [0.2, 0.25) is 0 Å². The number of rotatable bonds is 4. The number of hydrogen-bond donors (Lipinski definition) is 1. The number of sulfone groups is 1. The molecular weight excluding hydrogens is 384 g/mol. The standard InChI is InChI=1S/C19H14N2O4S2/c1-27(23,24)13-6-4-5-12(11-13)20-18(22)15-9-10-16(25-15)19-21-14-7-2-3-8-17(14)26-19/h2-11H,1H3,(H,20,22). The summed E-state index contributed by atoms with van der Waals surface area (Å²) in [6, 6.07) is 17.1. The van der Waals surface area contributed by atoms with Crippen LogP contribution in [0.1, 0.15) is 10.6 Å². The third-order valence-corrected chi connectivity index (χ3v) is 6.02. The van der Waals surface area contributed by atoms with Gasteiger partial charge in [0.25, 0.3) is 5.91 Å². The van der Waals surface area contributed by atoms with Crippen LogP contribution in [-0.4, -0.2) is 25.6 Å². The number of amides is 1. The lowest BCUT2D eigenvalue weighted by atomic mass is 10.3. The molecule has 0 bridgehead atoms. The lowest BCUT2D eigenvalue weighted by Crippen LogP contribution is -2.11. The van der Waals surface area contributed by atoms with E-state index < -0.39 is 15.7 Å². The molecule has 1 amide bonds. The number of benzene rings is 2. The maximum atomic E-state index is 12.4. The topological polar surface area (TPSA) is 89.3 Å². The molecule has 0 fully saturated rings. The molecule has 27 heavy (non-hydrogen) atoms. The molecule has 2 heterocycles. The van der Waals surface area contributed by atoms with E-state index in [0.29, 0.717) is 16.5 Å². The van der Waals surface area contributed by atoms with Crippen LogP contribution in [0.5, 0.6) is 0 Å². The van der Waals surface area contributed by atoms with Gasteiger partial charge in [-0.25, -0.2) is 13.4 Å². The van der Waals surface area contributed by atoms with Crippen LogP contribution >= 0.6 is 11.3 Å². The summed E-state index contributed by atoms with van der Waals surface area (Å²) in [5, 5.41) is 3.34. The Labute approximate surface area is 159 Å². The van der Waals surface area contributed by atoms with Crippen LogP contribution < -0.4 is 5.32 Å². The highest BCUT2D eigenvalue weighted by Crippen LogP contribution is 2.31. The molecule has 0 spiro atoms. The summed E-state index contributed by atoms with van der Waals surface area (Å²) in [5.41, 5.74) is 1.25. The van der Waals surface area contributed by atoms with Crippen molar-refractivity contribution < 1.29 is 17.6 Å². The summed E-state index contributed by atoms with van der Waals surface area (Å²) in [4.78, 5) is 17.1. The first-order valence-electron chi connectivity index (χ1n) is 7.97. The maximum absolute atomic E-state index is 12.4. The highest BCUT2D eigenvalue weighted by molar-refractivity contribution is 7.90. The van der Waals surface area contributed by atoms with Gasteiger partial charge in [-0.3, -0.25) is 4.79 Å². The van der Waals surface area contributed by atoms with Crippen LogP contribution in [0.3, 0.4) is 0 Å². The number of fused-ring (bicyclic) bond motifs is 1. The van der Waals surface area contributed by atoms with Gasteiger partial charge in [-0.05, 0) is 42.5 Å². The molecule has 136 valence electrons. The van der Waals surface area contributed by atoms with Crippen molar-refractivity contribution >= 4 is 43.0 Å². The van der Waals surface area contributed by atoms with Crippen LogP contribution in [0.25, 0.3) is 21.0 Å². The van der Waals surface area contributed by atoms with E-state index >= 15 is 0 Å². The third kappa shape index (κ3) is 3.62. The largest absolute Gasteiger partial charge is 0.448 e. The van der Waals surface area contributed by atoms with Crippen molar-refractivity contribution in [3.63, 3.8) is 0 Å². The molecule has 0 saturated carbocycles. The SMILES string of the molecule is CS(=O)(=O)c1cccc(NC(=O)c2ccc(-c3nc4ccccc4s3)o2)c1. The van der Waals surface area contributed by atoms with E-state index in [1.165, 1.54) is 23.5 Å². The van der Waals surface area contributed by atoms with Crippen LogP contribution in [0.15, 0.2) is 70.0 Å². The smallest absolute Gasteiger partial charge is 0.291 e. The Hall–Kier alpha value is -2.97. The van der Waals surface area contributed by atoms with E-state index in [0.717, 1.165) is 16.5 Å². The van der Waals surface area contributed by atoms with Gasteiger partial charge in [0.15, 0.2) is 26.4 Å². The van der Waals surface area contributed by atoms with Gasteiger partial charge < -0.3 is 9.73 Å². The molecule has 4 rings (SSSR count). The molecule has 1 N–H and O–H groups in total. The van der Waals surface area contributed by atoms with E-state index in [1.54, 1.807) is 24.3 Å². The first kappa shape index (κ1) is 17.4. The lowest BCUT2D eigenvalue weighted by molar-refractivity contribution is 0.0997. The number of nitrogens with zero attached hydrogens (tertiary/aromatic N) is 1. The zero-order chi connectivity index (χ0) is 19.0. The number of carbonyl (C=O) groups is 1. The molecule has 0 atom stereocenters. The number of aromatic nitrogens is 1. The van der Waals surface area contributed by atoms with E-state index in [2.05, 4.69) is 10.3 Å². The predicted molar refractivity (Wildman–Crippen MR) is 105 cm³/mol. The Morgan fingerprint density at radius 1 is 1.07 bits per heavy atom. The average molecular weight is 398 g/mol. The second kappa shape index (κ2) is 6.64. The molecule has 2 aromatic carbocycles. The number of para-hydroxylation sites is 1. The highest BCUT2D eigenvalue weighted by Gasteiger charge is 2.16. The van der Waals surface area contributed by atoms with Crippen molar-refractivity contribution in [2.75, 3.05) is 11.6 Å². The van der Waals surface area contributed by atoms with Crippen molar-refractivity contribution in [3.8, 4) is 10.8 Å². The molecule has 0 radical (unpaired) electrons. The number of anilines is 1. The molecule has 6 nitrogen and oxygen atoms in total. The minimum atomic E-state index is -3.35. The summed E-state index contributed by atoms with van der Waals surface area (Å²) in [7, 11) is -3.35. The molecule has 0 aliphatic carbocycles. The number of carbonyl (C=O) groups excluding carboxylic acids is 1. The van der Waals surface area contributed by atoms with Crippen molar-refractivity contribution in [1.29, 1.82) is 0 Å². The maximum Gasteiger partial charge on any atom is 0.291 e. The van der Waals surface area contributed by atoms with E-state index in [-0.39, 0.29) is 10.7 Å². The molecule has 0 saturated heterocycles. The molecule has 0 unspecified atom stereocenters. The second-order valence-corrected chi connectivity index (χ2v) is 8.95. The summed E-state index contributed by atoms with van der Waals surface area (Å²) in [5.74, 6) is 0.160. The average Bonchev–Trinajstić information content (AvgIpc) is 3.28. The molecule has 4 aromatic rings. The van der Waals surface area contributed by atoms with Gasteiger partial charge in [0.2, 0.25) is 0 Å². The van der Waals surface area contributed by atoms with Gasteiger partial charge in [0, 0.05) is 11.9 Å². The Morgan fingerprint density at radius 3 is 2.67 bits per heavy atom. The first-order valence-corrected chi connectivity index (χ1v) is 10.7. The summed E-state index contributed by atoms with van der Waals surface area (Å²) >= 11 is 1.48. The van der Waals surface area contributed by atoms with Crippen molar-refractivity contribution in [1.82, 2.24) is 4.98 Å². The molecule has 8 heteroatoms. The predicted octanol–water partition coefficient (Wildman–Crippen LogP) is 4.21. The highest BCUT2D eigenvalue weighted by atomic mass is 32.2. The minimum absolute atomic E-state index is 0.119. The number of thiazole rings is 1. The van der Waals surface area contributed by atoms with Crippen LogP contribution in [0.4, 0.5) is 5.69 Å². The number of furan rings is 1. The monoisotopic (exact) mass is 398 g/mol. The van der Waals surface area contributed by atoms with Gasteiger partial charge in [0.05, 0.1) is 15.1 Å². The van der Waals surface area contributed by atoms with Gasteiger partial charge in [-0.2, -0.15) is 0 Å². The minimum Gasteiger partial charge on any atom is -0.448 e. The van der Waals surface area contributed by atoms with Gasteiger partial charge >= 0.3 is 0 Å². The second-order valence-electron chi connectivity index (χ2n) is 5.90. The summed E-state index contributed by atoms with van der Waals surface area (Å²) in [6.45, 7) is 0. The van der Waals surface area contributed by atoms with E-state index in [1.807, 2.05) is 24.3 Å².